The molecule has 1 fully saturated rings. The van der Waals surface area contributed by atoms with Gasteiger partial charge in [0.25, 0.3) is 0 Å². The molecule has 3 heteroatoms. The molecule has 1 aliphatic heterocycles. The predicted octanol–water partition coefficient (Wildman–Crippen LogP) is 0.180. The van der Waals surface area contributed by atoms with E-state index < -0.39 is 0 Å². The van der Waals surface area contributed by atoms with E-state index in [0.717, 1.165) is 13.1 Å². The number of rotatable bonds is 3. The van der Waals surface area contributed by atoms with Crippen LogP contribution in [0.5, 0.6) is 0 Å². The Kier molecular flexibility index (Phi) is 3.09. The molecule has 0 bridgehead atoms. The fourth-order valence-corrected chi connectivity index (χ4v) is 1.83. The van der Waals surface area contributed by atoms with Gasteiger partial charge in [-0.05, 0) is 33.2 Å². The van der Waals surface area contributed by atoms with E-state index in [4.69, 9.17) is 5.73 Å². The molecule has 1 unspecified atom stereocenters. The molecule has 0 amide bonds. The minimum Gasteiger partial charge on any atom is -0.390 e. The van der Waals surface area contributed by atoms with Crippen LogP contribution in [0.2, 0.25) is 0 Å². The minimum absolute atomic E-state index is 0.260. The zero-order chi connectivity index (χ0) is 9.19. The highest BCUT2D eigenvalue weighted by Gasteiger charge is 2.32. The van der Waals surface area contributed by atoms with Crippen molar-refractivity contribution in [3.63, 3.8) is 0 Å². The third kappa shape index (κ3) is 2.19. The number of nitrogens with two attached hydrogens (primary N) is 1. The fraction of sp³-hybridized carbons (Fsp3) is 1.00. The molecule has 1 saturated heterocycles. The largest absolute Gasteiger partial charge is 0.390 e. The lowest BCUT2D eigenvalue weighted by atomic mass is 10.0. The van der Waals surface area contributed by atoms with Crippen LogP contribution < -0.4 is 5.73 Å². The molecule has 0 saturated carbocycles. The van der Waals surface area contributed by atoms with Crippen molar-refractivity contribution < 1.29 is 5.11 Å². The first-order chi connectivity index (χ1) is 5.56. The predicted molar refractivity (Wildman–Crippen MR) is 49.9 cm³/mol. The van der Waals surface area contributed by atoms with E-state index in [1.807, 2.05) is 0 Å². The van der Waals surface area contributed by atoms with Crippen molar-refractivity contribution in [2.75, 3.05) is 19.6 Å². The zero-order valence-electron chi connectivity index (χ0n) is 8.08. The fourth-order valence-electron chi connectivity index (χ4n) is 1.83. The Balaban J connectivity index is 2.41. The summed E-state index contributed by atoms with van der Waals surface area (Å²) in [6.45, 7) is 6.65. The van der Waals surface area contributed by atoms with E-state index in [0.29, 0.717) is 6.54 Å². The normalized spacial score (nSPS) is 26.0. The Bertz CT molecular complexity index is 147. The first-order valence-electron chi connectivity index (χ1n) is 4.69. The lowest BCUT2D eigenvalue weighted by Gasteiger charge is -2.32. The Morgan fingerprint density at radius 2 is 2.25 bits per heavy atom. The van der Waals surface area contributed by atoms with Crippen LogP contribution in [0.1, 0.15) is 26.7 Å². The zero-order valence-corrected chi connectivity index (χ0v) is 8.08. The highest BCUT2D eigenvalue weighted by atomic mass is 16.3. The summed E-state index contributed by atoms with van der Waals surface area (Å²) in [5.41, 5.74) is 5.62. The minimum atomic E-state index is -0.359. The van der Waals surface area contributed by atoms with Gasteiger partial charge in [0, 0.05) is 18.6 Å². The lowest BCUT2D eigenvalue weighted by molar-refractivity contribution is 0.0827. The molecule has 0 aliphatic carbocycles. The molecule has 3 N–H and O–H groups in total. The lowest BCUT2D eigenvalue weighted by Crippen LogP contribution is -2.44. The van der Waals surface area contributed by atoms with Crippen LogP contribution in [-0.2, 0) is 0 Å². The van der Waals surface area contributed by atoms with Gasteiger partial charge in [-0.25, -0.2) is 0 Å². The maximum atomic E-state index is 9.38. The maximum absolute atomic E-state index is 9.38. The van der Waals surface area contributed by atoms with Gasteiger partial charge in [0.15, 0.2) is 0 Å². The van der Waals surface area contributed by atoms with Crippen molar-refractivity contribution in [3.8, 4) is 0 Å². The summed E-state index contributed by atoms with van der Waals surface area (Å²) in [5, 5.41) is 9.38. The number of hydrogen-bond donors (Lipinski definition) is 2. The average Bonchev–Trinajstić information content (AvgIpc) is 2.31. The molecule has 0 aromatic carbocycles. The average molecular weight is 172 g/mol. The van der Waals surface area contributed by atoms with Crippen LogP contribution in [0.25, 0.3) is 0 Å². The maximum Gasteiger partial charge on any atom is 0.0789 e. The quantitative estimate of drug-likeness (QED) is 0.638. The van der Waals surface area contributed by atoms with Gasteiger partial charge in [-0.3, -0.25) is 4.90 Å². The molecular formula is C9H20N2O. The van der Waals surface area contributed by atoms with Crippen molar-refractivity contribution in [1.82, 2.24) is 4.90 Å². The van der Waals surface area contributed by atoms with Gasteiger partial charge < -0.3 is 10.8 Å². The van der Waals surface area contributed by atoms with Gasteiger partial charge in [-0.2, -0.15) is 0 Å². The molecule has 1 atom stereocenters. The third-order valence-corrected chi connectivity index (χ3v) is 2.78. The molecule has 0 spiro atoms. The highest BCUT2D eigenvalue weighted by Crippen LogP contribution is 2.27. The summed E-state index contributed by atoms with van der Waals surface area (Å²) in [5.74, 6) is 0. The first-order valence-corrected chi connectivity index (χ1v) is 4.69. The van der Waals surface area contributed by atoms with Gasteiger partial charge in [0.1, 0.15) is 0 Å². The molecule has 0 aromatic rings. The summed E-state index contributed by atoms with van der Waals surface area (Å²) in [7, 11) is 0. The van der Waals surface area contributed by atoms with Crippen LogP contribution in [0.15, 0.2) is 0 Å². The highest BCUT2D eigenvalue weighted by molar-refractivity contribution is 4.88. The van der Waals surface area contributed by atoms with Gasteiger partial charge in [0.05, 0.1) is 6.10 Å². The van der Waals surface area contributed by atoms with Gasteiger partial charge in [0.2, 0.25) is 0 Å². The summed E-state index contributed by atoms with van der Waals surface area (Å²) in [4.78, 5) is 2.32. The van der Waals surface area contributed by atoms with E-state index in [1.165, 1.54) is 12.8 Å². The molecular weight excluding hydrogens is 152 g/mol. The van der Waals surface area contributed by atoms with E-state index in [9.17, 15) is 5.11 Å². The summed E-state index contributed by atoms with van der Waals surface area (Å²) < 4.78 is 0. The Morgan fingerprint density at radius 3 is 2.67 bits per heavy atom. The SMILES string of the molecule is CC1(C)CCCN1CC(O)CN. The molecule has 12 heavy (non-hydrogen) atoms. The van der Waals surface area contributed by atoms with Crippen LogP contribution in [0, 0.1) is 0 Å². The molecule has 1 rings (SSSR count). The molecule has 0 radical (unpaired) electrons. The topological polar surface area (TPSA) is 49.5 Å². The molecule has 72 valence electrons. The Labute approximate surface area is 74.5 Å². The van der Waals surface area contributed by atoms with Gasteiger partial charge in [-0.15, -0.1) is 0 Å². The van der Waals surface area contributed by atoms with Crippen molar-refractivity contribution in [2.45, 2.75) is 38.3 Å². The number of β-amino-alcohol motifs (C(OH)–C–C–N with tert-alkyl or cyclic N) is 1. The number of likely N-dealkylation sites (tertiary alicyclic amines) is 1. The van der Waals surface area contributed by atoms with Crippen molar-refractivity contribution in [1.29, 1.82) is 0 Å². The monoisotopic (exact) mass is 172 g/mol. The van der Waals surface area contributed by atoms with Crippen LogP contribution >= 0.6 is 0 Å². The summed E-state index contributed by atoms with van der Waals surface area (Å²) >= 11 is 0. The van der Waals surface area contributed by atoms with E-state index >= 15 is 0 Å². The summed E-state index contributed by atoms with van der Waals surface area (Å²) in [6, 6.07) is 0. The number of nitrogens with zero attached hydrogens (tertiary/aromatic N) is 1. The van der Waals surface area contributed by atoms with E-state index in [2.05, 4.69) is 18.7 Å². The van der Waals surface area contributed by atoms with Crippen LogP contribution in [0.4, 0.5) is 0 Å². The number of aliphatic hydroxyl groups excluding tert-OH is 1. The first kappa shape index (κ1) is 9.96. The van der Waals surface area contributed by atoms with Gasteiger partial charge >= 0.3 is 0 Å². The smallest absolute Gasteiger partial charge is 0.0789 e. The van der Waals surface area contributed by atoms with Crippen LogP contribution in [-0.4, -0.2) is 41.3 Å². The number of aliphatic hydroxyl groups is 1. The van der Waals surface area contributed by atoms with Crippen molar-refractivity contribution >= 4 is 0 Å². The van der Waals surface area contributed by atoms with Crippen molar-refractivity contribution in [3.05, 3.63) is 0 Å². The second-order valence-electron chi connectivity index (χ2n) is 4.25. The van der Waals surface area contributed by atoms with Crippen molar-refractivity contribution in [2.24, 2.45) is 5.73 Å². The molecule has 1 aliphatic rings. The third-order valence-electron chi connectivity index (χ3n) is 2.78. The van der Waals surface area contributed by atoms with Gasteiger partial charge in [-0.1, -0.05) is 0 Å². The molecule has 0 aromatic heterocycles. The van der Waals surface area contributed by atoms with E-state index in [1.54, 1.807) is 0 Å². The summed E-state index contributed by atoms with van der Waals surface area (Å²) in [6.07, 6.45) is 2.11. The van der Waals surface area contributed by atoms with E-state index in [-0.39, 0.29) is 11.6 Å². The Morgan fingerprint density at radius 1 is 1.58 bits per heavy atom. The number of hydrogen-bond acceptors (Lipinski definition) is 3. The Hall–Kier alpha value is -0.120. The molecule has 3 nitrogen and oxygen atoms in total. The standard InChI is InChI=1S/C9H20N2O/c1-9(2)4-3-5-11(9)7-8(12)6-10/h8,12H,3-7,10H2,1-2H3. The second kappa shape index (κ2) is 3.73. The molecule has 1 heterocycles. The second-order valence-corrected chi connectivity index (χ2v) is 4.25. The van der Waals surface area contributed by atoms with Crippen LogP contribution in [0.3, 0.4) is 0 Å².